The fourth-order valence-corrected chi connectivity index (χ4v) is 2.43. The van der Waals surface area contributed by atoms with E-state index in [9.17, 15) is 9.18 Å². The van der Waals surface area contributed by atoms with Crippen molar-refractivity contribution in [3.8, 4) is 0 Å². The van der Waals surface area contributed by atoms with Crippen molar-refractivity contribution >= 4 is 11.6 Å². The van der Waals surface area contributed by atoms with Crippen molar-refractivity contribution in [2.24, 2.45) is 0 Å². The Morgan fingerprint density at radius 2 is 1.90 bits per heavy atom. The molecule has 0 radical (unpaired) electrons. The molecule has 4 nitrogen and oxygen atoms in total. The van der Waals surface area contributed by atoms with E-state index in [4.69, 9.17) is 0 Å². The zero-order valence-electron chi connectivity index (χ0n) is 12.1. The third kappa shape index (κ3) is 3.93. The van der Waals surface area contributed by atoms with E-state index in [2.05, 4.69) is 10.2 Å². The first kappa shape index (κ1) is 14.8. The lowest BCUT2D eigenvalue weighted by atomic mass is 10.2. The van der Waals surface area contributed by atoms with Crippen LogP contribution in [0.15, 0.2) is 24.3 Å². The molecule has 0 aromatic heterocycles. The lowest BCUT2D eigenvalue weighted by molar-refractivity contribution is -0.122. The van der Waals surface area contributed by atoms with Gasteiger partial charge in [0.1, 0.15) is 5.82 Å². The minimum Gasteiger partial charge on any atom is -0.367 e. The molecule has 1 N–H and O–H groups in total. The fourth-order valence-electron chi connectivity index (χ4n) is 2.43. The largest absolute Gasteiger partial charge is 0.367 e. The minimum atomic E-state index is -0.182. The van der Waals surface area contributed by atoms with Gasteiger partial charge in [-0.3, -0.25) is 9.69 Å². The maximum Gasteiger partial charge on any atom is 0.234 e. The molecule has 0 bridgehead atoms. The molecule has 0 saturated carbocycles. The summed E-state index contributed by atoms with van der Waals surface area (Å²) in [6.45, 7) is 7.37. The molecule has 0 spiro atoms. The van der Waals surface area contributed by atoms with Gasteiger partial charge in [-0.15, -0.1) is 0 Å². The number of hydrogen-bond donors (Lipinski definition) is 1. The first-order chi connectivity index (χ1) is 9.56. The van der Waals surface area contributed by atoms with Crippen molar-refractivity contribution in [3.63, 3.8) is 0 Å². The molecular formula is C15H22FN3O. The lowest BCUT2D eigenvalue weighted by Gasteiger charge is -2.35. The van der Waals surface area contributed by atoms with Crippen LogP contribution < -0.4 is 10.2 Å². The van der Waals surface area contributed by atoms with Gasteiger partial charge in [0.05, 0.1) is 12.2 Å². The van der Waals surface area contributed by atoms with Gasteiger partial charge < -0.3 is 10.2 Å². The van der Waals surface area contributed by atoms with Crippen molar-refractivity contribution in [3.05, 3.63) is 30.1 Å². The van der Waals surface area contributed by atoms with E-state index in [1.807, 2.05) is 24.8 Å². The number of rotatable bonds is 4. The Labute approximate surface area is 119 Å². The Hall–Kier alpha value is -1.62. The van der Waals surface area contributed by atoms with Crippen molar-refractivity contribution < 1.29 is 9.18 Å². The summed E-state index contributed by atoms with van der Waals surface area (Å²) in [7, 11) is 0. The zero-order valence-corrected chi connectivity index (χ0v) is 12.1. The molecule has 1 aromatic rings. The predicted octanol–water partition coefficient (Wildman–Crippen LogP) is 1.47. The van der Waals surface area contributed by atoms with Crippen LogP contribution in [-0.4, -0.2) is 49.6 Å². The molecule has 5 heteroatoms. The molecular weight excluding hydrogens is 257 g/mol. The second kappa shape index (κ2) is 6.70. The van der Waals surface area contributed by atoms with E-state index in [1.54, 1.807) is 12.1 Å². The van der Waals surface area contributed by atoms with Gasteiger partial charge in [-0.25, -0.2) is 4.39 Å². The second-order valence-corrected chi connectivity index (χ2v) is 5.44. The Morgan fingerprint density at radius 3 is 2.50 bits per heavy atom. The van der Waals surface area contributed by atoms with E-state index in [0.717, 1.165) is 26.2 Å². The highest BCUT2D eigenvalue weighted by atomic mass is 19.1. The van der Waals surface area contributed by atoms with E-state index in [0.29, 0.717) is 12.2 Å². The molecule has 1 aliphatic rings. The molecule has 0 unspecified atom stereocenters. The van der Waals surface area contributed by atoms with Crippen LogP contribution >= 0.6 is 0 Å². The van der Waals surface area contributed by atoms with Crippen molar-refractivity contribution in [1.29, 1.82) is 0 Å². The fraction of sp³-hybridized carbons (Fsp3) is 0.533. The van der Waals surface area contributed by atoms with Gasteiger partial charge in [-0.1, -0.05) is 12.1 Å². The summed E-state index contributed by atoms with van der Waals surface area (Å²) >= 11 is 0. The molecule has 1 aliphatic heterocycles. The second-order valence-electron chi connectivity index (χ2n) is 5.44. The lowest BCUT2D eigenvalue weighted by Crippen LogP contribution is -2.50. The minimum absolute atomic E-state index is 0.0549. The number of carbonyl (C=O) groups excluding carboxylic acids is 1. The summed E-state index contributed by atoms with van der Waals surface area (Å²) in [5, 5.41) is 2.89. The molecule has 1 fully saturated rings. The van der Waals surface area contributed by atoms with Gasteiger partial charge in [0.15, 0.2) is 0 Å². The van der Waals surface area contributed by atoms with E-state index in [-0.39, 0.29) is 17.8 Å². The van der Waals surface area contributed by atoms with Crippen LogP contribution in [0.3, 0.4) is 0 Å². The quantitative estimate of drug-likeness (QED) is 0.906. The number of carbonyl (C=O) groups is 1. The van der Waals surface area contributed by atoms with Crippen LogP contribution in [0.2, 0.25) is 0 Å². The number of nitrogens with one attached hydrogen (secondary N) is 1. The monoisotopic (exact) mass is 279 g/mol. The molecule has 0 atom stereocenters. The van der Waals surface area contributed by atoms with Gasteiger partial charge in [-0.05, 0) is 26.0 Å². The van der Waals surface area contributed by atoms with Crippen LogP contribution in [-0.2, 0) is 4.79 Å². The van der Waals surface area contributed by atoms with Crippen molar-refractivity contribution in [2.45, 2.75) is 19.9 Å². The normalized spacial score (nSPS) is 16.5. The first-order valence-electron chi connectivity index (χ1n) is 7.07. The number of halogens is 1. The summed E-state index contributed by atoms with van der Waals surface area (Å²) in [4.78, 5) is 15.8. The average Bonchev–Trinajstić information content (AvgIpc) is 2.39. The number of amides is 1. The number of anilines is 1. The topological polar surface area (TPSA) is 35.6 Å². The van der Waals surface area contributed by atoms with Gasteiger partial charge in [-0.2, -0.15) is 0 Å². The maximum atomic E-state index is 13.7. The molecule has 1 heterocycles. The zero-order chi connectivity index (χ0) is 14.5. The average molecular weight is 279 g/mol. The number of para-hydroxylation sites is 1. The van der Waals surface area contributed by atoms with Gasteiger partial charge in [0.2, 0.25) is 5.91 Å². The highest BCUT2D eigenvalue weighted by Crippen LogP contribution is 2.19. The number of hydrogen-bond acceptors (Lipinski definition) is 3. The molecule has 20 heavy (non-hydrogen) atoms. The molecule has 110 valence electrons. The van der Waals surface area contributed by atoms with Crippen LogP contribution in [0, 0.1) is 5.82 Å². The highest BCUT2D eigenvalue weighted by molar-refractivity contribution is 5.78. The third-order valence-electron chi connectivity index (χ3n) is 3.38. The third-order valence-corrected chi connectivity index (χ3v) is 3.38. The molecule has 1 saturated heterocycles. The summed E-state index contributed by atoms with van der Waals surface area (Å²) in [6, 6.07) is 7.00. The van der Waals surface area contributed by atoms with Crippen LogP contribution in [0.4, 0.5) is 10.1 Å². The van der Waals surface area contributed by atoms with E-state index in [1.165, 1.54) is 6.07 Å². The van der Waals surface area contributed by atoms with Crippen LogP contribution in [0.1, 0.15) is 13.8 Å². The van der Waals surface area contributed by atoms with Crippen LogP contribution in [0.5, 0.6) is 0 Å². The summed E-state index contributed by atoms with van der Waals surface area (Å²) in [6.07, 6.45) is 0. The van der Waals surface area contributed by atoms with Crippen molar-refractivity contribution in [2.75, 3.05) is 37.6 Å². The smallest absolute Gasteiger partial charge is 0.234 e. The summed E-state index contributed by atoms with van der Waals surface area (Å²) < 4.78 is 13.7. The highest BCUT2D eigenvalue weighted by Gasteiger charge is 2.20. The maximum absolute atomic E-state index is 13.7. The Balaban J connectivity index is 1.84. The molecule has 1 aromatic carbocycles. The van der Waals surface area contributed by atoms with Gasteiger partial charge in [0.25, 0.3) is 0 Å². The number of piperazine rings is 1. The molecule has 1 amide bonds. The Morgan fingerprint density at radius 1 is 1.25 bits per heavy atom. The molecule has 2 rings (SSSR count). The van der Waals surface area contributed by atoms with Crippen LogP contribution in [0.25, 0.3) is 0 Å². The van der Waals surface area contributed by atoms with Gasteiger partial charge in [0, 0.05) is 32.2 Å². The van der Waals surface area contributed by atoms with Crippen molar-refractivity contribution in [1.82, 2.24) is 10.2 Å². The van der Waals surface area contributed by atoms with Gasteiger partial charge >= 0.3 is 0 Å². The van der Waals surface area contributed by atoms with E-state index < -0.39 is 0 Å². The Bertz CT molecular complexity index is 456. The predicted molar refractivity (Wildman–Crippen MR) is 78.3 cm³/mol. The SMILES string of the molecule is CC(C)NC(=O)CN1CCN(c2ccccc2F)CC1. The van der Waals surface area contributed by atoms with E-state index >= 15 is 0 Å². The first-order valence-corrected chi connectivity index (χ1v) is 7.07. The molecule has 0 aliphatic carbocycles. The number of benzene rings is 1. The summed E-state index contributed by atoms with van der Waals surface area (Å²) in [5.74, 6) is -0.127. The number of nitrogens with zero attached hydrogens (tertiary/aromatic N) is 2. The Kier molecular flexibility index (Phi) is 4.95. The standard InChI is InChI=1S/C15H22FN3O/c1-12(2)17-15(20)11-18-7-9-19(10-8-18)14-6-4-3-5-13(14)16/h3-6,12H,7-11H2,1-2H3,(H,17,20). The summed E-state index contributed by atoms with van der Waals surface area (Å²) in [5.41, 5.74) is 0.652.